The number of nitrogens with one attached hydrogen (secondary N) is 1. The summed E-state index contributed by atoms with van der Waals surface area (Å²) < 4.78 is 34.1. The first-order chi connectivity index (χ1) is 16.2. The molecule has 1 aliphatic heterocycles. The van der Waals surface area contributed by atoms with Crippen molar-refractivity contribution in [2.24, 2.45) is 5.16 Å². The Kier molecular flexibility index (Phi) is 7.06. The van der Waals surface area contributed by atoms with E-state index in [2.05, 4.69) is 25.8 Å². The van der Waals surface area contributed by atoms with Gasteiger partial charge in [0.2, 0.25) is 5.60 Å². The molecule has 2 atom stereocenters. The van der Waals surface area contributed by atoms with Crippen LogP contribution in [0, 0.1) is 0 Å². The molecular weight excluding hydrogens is 512 g/mol. The number of rotatable bonds is 10. The Morgan fingerprint density at radius 2 is 2.09 bits per heavy atom. The van der Waals surface area contributed by atoms with Crippen LogP contribution in [0.15, 0.2) is 16.7 Å². The van der Waals surface area contributed by atoms with Gasteiger partial charge in [0.1, 0.15) is 17.4 Å². The average molecular weight is 533 g/mol. The number of carboxylic acid groups (broad SMARTS) is 1. The van der Waals surface area contributed by atoms with Crippen LogP contribution in [0.25, 0.3) is 0 Å². The molecular formula is C16H20N8O9S2. The molecule has 190 valence electrons. The lowest BCUT2D eigenvalue weighted by atomic mass is 9.98. The molecule has 2 aromatic rings. The average Bonchev–Trinajstić information content (AvgIpc) is 3.39. The van der Waals surface area contributed by atoms with Crippen LogP contribution in [0.5, 0.6) is 0 Å². The zero-order valence-electron chi connectivity index (χ0n) is 18.1. The summed E-state index contributed by atoms with van der Waals surface area (Å²) >= 11 is 0.947. The molecule has 1 fully saturated rings. The first kappa shape index (κ1) is 25.9. The summed E-state index contributed by atoms with van der Waals surface area (Å²) in [6.45, 7) is 1.58. The minimum Gasteiger partial charge on any atom is -0.478 e. The van der Waals surface area contributed by atoms with Crippen LogP contribution in [-0.2, 0) is 42.7 Å². The van der Waals surface area contributed by atoms with Gasteiger partial charge in [0.15, 0.2) is 10.8 Å². The van der Waals surface area contributed by atoms with Gasteiger partial charge in [-0.05, 0) is 13.8 Å². The number of nitrogens with zero attached hydrogens (tertiary/aromatic N) is 6. The van der Waals surface area contributed by atoms with Crippen molar-refractivity contribution in [2.75, 3.05) is 5.73 Å². The van der Waals surface area contributed by atoms with Crippen LogP contribution >= 0.6 is 11.3 Å². The molecule has 6 N–H and O–H groups in total. The van der Waals surface area contributed by atoms with Crippen molar-refractivity contribution in [1.29, 1.82) is 0 Å². The number of nitrogens with two attached hydrogens (primary N) is 1. The van der Waals surface area contributed by atoms with Crippen LogP contribution in [0.2, 0.25) is 0 Å². The van der Waals surface area contributed by atoms with Crippen LogP contribution in [-0.4, -0.2) is 88.6 Å². The predicted octanol–water partition coefficient (Wildman–Crippen LogP) is -2.41. The molecule has 3 rings (SSSR count). The van der Waals surface area contributed by atoms with E-state index in [1.807, 2.05) is 0 Å². The first-order valence-corrected chi connectivity index (χ1v) is 11.8. The molecule has 17 nitrogen and oxygen atoms in total. The van der Waals surface area contributed by atoms with E-state index in [0.717, 1.165) is 16.0 Å². The maximum absolute atomic E-state index is 13.0. The molecule has 0 aromatic carbocycles. The number of hydrogen-bond donors (Lipinski definition) is 5. The highest BCUT2D eigenvalue weighted by atomic mass is 32.2. The second-order valence-electron chi connectivity index (χ2n) is 7.64. The van der Waals surface area contributed by atoms with E-state index in [9.17, 15) is 32.5 Å². The number of amides is 2. The van der Waals surface area contributed by atoms with Crippen molar-refractivity contribution in [3.05, 3.63) is 23.0 Å². The fourth-order valence-electron chi connectivity index (χ4n) is 2.84. The molecule has 1 saturated heterocycles. The normalized spacial score (nSPS) is 18.8. The number of oxime groups is 1. The molecule has 0 spiro atoms. The highest BCUT2D eigenvalue weighted by Gasteiger charge is 2.54. The fraction of sp³-hybridized carbons (Fsp3) is 0.438. The van der Waals surface area contributed by atoms with Crippen molar-refractivity contribution < 1.29 is 42.4 Å². The number of β-lactam (4-membered cyclic amide) rings is 1. The Hall–Kier alpha value is -3.68. The second-order valence-corrected chi connectivity index (χ2v) is 9.82. The molecule has 0 unspecified atom stereocenters. The van der Waals surface area contributed by atoms with Gasteiger partial charge < -0.3 is 26.1 Å². The summed E-state index contributed by atoms with van der Waals surface area (Å²) in [5.74, 6) is -3.60. The predicted molar refractivity (Wildman–Crippen MR) is 116 cm³/mol. The van der Waals surface area contributed by atoms with Gasteiger partial charge >= 0.3 is 16.3 Å². The van der Waals surface area contributed by atoms with Crippen LogP contribution in [0.4, 0.5) is 5.13 Å². The number of aromatic nitrogens is 4. The highest BCUT2D eigenvalue weighted by Crippen LogP contribution is 2.25. The van der Waals surface area contributed by atoms with E-state index in [1.54, 1.807) is 0 Å². The maximum atomic E-state index is 13.0. The van der Waals surface area contributed by atoms with Gasteiger partial charge in [0.25, 0.3) is 11.8 Å². The summed E-state index contributed by atoms with van der Waals surface area (Å²) in [5, 5.41) is 32.9. The molecule has 2 aromatic heterocycles. The summed E-state index contributed by atoms with van der Waals surface area (Å²) in [5.41, 5.74) is 3.29. The van der Waals surface area contributed by atoms with Crippen LogP contribution in [0.1, 0.15) is 25.2 Å². The molecule has 1 aliphatic rings. The van der Waals surface area contributed by atoms with Crippen LogP contribution < -0.4 is 11.1 Å². The minimum absolute atomic E-state index is 0.0546. The van der Waals surface area contributed by atoms with Crippen molar-refractivity contribution >= 4 is 50.3 Å². The molecule has 0 bridgehead atoms. The number of anilines is 1. The van der Waals surface area contributed by atoms with Crippen molar-refractivity contribution in [2.45, 2.75) is 44.7 Å². The minimum atomic E-state index is -4.99. The van der Waals surface area contributed by atoms with E-state index in [-0.39, 0.29) is 27.4 Å². The number of aliphatic hydroxyl groups is 1. The Bertz CT molecular complexity index is 1290. The molecule has 19 heteroatoms. The van der Waals surface area contributed by atoms with E-state index < -0.39 is 58.1 Å². The monoisotopic (exact) mass is 532 g/mol. The zero-order valence-corrected chi connectivity index (χ0v) is 19.7. The van der Waals surface area contributed by atoms with Gasteiger partial charge in [-0.1, -0.05) is 10.4 Å². The number of carbonyl (C=O) groups is 3. The van der Waals surface area contributed by atoms with Crippen LogP contribution in [0.3, 0.4) is 0 Å². The van der Waals surface area contributed by atoms with E-state index in [0.29, 0.717) is 0 Å². The third-order valence-corrected chi connectivity index (χ3v) is 6.31. The Morgan fingerprint density at radius 3 is 2.60 bits per heavy atom. The van der Waals surface area contributed by atoms with Gasteiger partial charge in [-0.25, -0.2) is 18.8 Å². The lowest BCUT2D eigenvalue weighted by Gasteiger charge is -2.43. The smallest absolute Gasteiger partial charge is 0.362 e. The maximum Gasteiger partial charge on any atom is 0.362 e. The number of thiazole rings is 1. The second kappa shape index (κ2) is 9.52. The molecule has 0 radical (unpaired) electrons. The molecule has 0 saturated carbocycles. The number of carbonyl (C=O) groups excluding carboxylic acids is 2. The Labute approximate surface area is 201 Å². The van der Waals surface area contributed by atoms with Crippen molar-refractivity contribution in [3.8, 4) is 0 Å². The third-order valence-electron chi connectivity index (χ3n) is 4.69. The van der Waals surface area contributed by atoms with E-state index in [1.165, 1.54) is 25.4 Å². The van der Waals surface area contributed by atoms with E-state index in [4.69, 9.17) is 15.7 Å². The highest BCUT2D eigenvalue weighted by molar-refractivity contribution is 7.84. The number of nitrogen functional groups attached to an aromatic ring is 1. The topological polar surface area (TPSA) is 253 Å². The summed E-state index contributed by atoms with van der Waals surface area (Å²) in [4.78, 5) is 45.7. The summed E-state index contributed by atoms with van der Waals surface area (Å²) in [6, 6.07) is -2.80. The summed E-state index contributed by atoms with van der Waals surface area (Å²) in [6.07, 6.45) is 1.27. The Morgan fingerprint density at radius 1 is 1.40 bits per heavy atom. The van der Waals surface area contributed by atoms with Crippen molar-refractivity contribution in [1.82, 2.24) is 29.6 Å². The number of carboxylic acids is 1. The number of aliphatic hydroxyl groups excluding tert-OH is 1. The lowest BCUT2D eigenvalue weighted by Crippen LogP contribution is -2.73. The van der Waals surface area contributed by atoms with E-state index >= 15 is 0 Å². The first-order valence-electron chi connectivity index (χ1n) is 9.57. The third kappa shape index (κ3) is 5.53. The molecule has 3 heterocycles. The van der Waals surface area contributed by atoms with Crippen molar-refractivity contribution in [3.63, 3.8) is 0 Å². The van der Waals surface area contributed by atoms with Gasteiger partial charge in [-0.2, -0.15) is 8.42 Å². The lowest BCUT2D eigenvalue weighted by molar-refractivity contribution is -0.161. The molecule has 2 amide bonds. The molecule has 35 heavy (non-hydrogen) atoms. The molecule has 0 aliphatic carbocycles. The SMILES string of the molecule is CC(C)(O/N=C(/C(=O)N[C@@H]1C(=O)N(S(=O)(=O)O)[C@@H]1Cn1cc(CO)nn1)c1csc(N)n1)C(=O)O. The van der Waals surface area contributed by atoms with Gasteiger partial charge in [0, 0.05) is 5.38 Å². The summed E-state index contributed by atoms with van der Waals surface area (Å²) in [7, 11) is -4.99. The van der Waals surface area contributed by atoms with Gasteiger partial charge in [-0.15, -0.1) is 16.4 Å². The standard InChI is InChI=1S/C16H20N8O9S2/c1-16(2,14(28)29)33-21-10(8-6-34-15(17)18-8)12(26)19-11-9(24(13(11)27)35(30,31)32)4-23-3-7(5-25)20-22-23/h3,6,9,11,25H,4-5H2,1-2H3,(H2,17,18)(H,19,26)(H,28,29)(H,30,31,32)/b21-10+/t9-,11+/m1/s1. The Balaban J connectivity index is 1.89. The van der Waals surface area contributed by atoms with Gasteiger partial charge in [-0.3, -0.25) is 14.1 Å². The largest absolute Gasteiger partial charge is 0.478 e. The quantitative estimate of drug-likeness (QED) is 0.0926. The number of hydrogen-bond acceptors (Lipinski definition) is 13. The zero-order chi connectivity index (χ0) is 26.1. The van der Waals surface area contributed by atoms with Gasteiger partial charge in [0.05, 0.1) is 25.4 Å². The number of aliphatic carboxylic acids is 1. The fourth-order valence-corrected chi connectivity index (χ4v) is 4.26.